The lowest BCUT2D eigenvalue weighted by Crippen LogP contribution is -2.47. The molecule has 150 valence electrons. The predicted molar refractivity (Wildman–Crippen MR) is 105 cm³/mol. The van der Waals surface area contributed by atoms with Crippen molar-refractivity contribution in [1.29, 1.82) is 0 Å². The lowest BCUT2D eigenvalue weighted by atomic mass is 9.96. The van der Waals surface area contributed by atoms with Gasteiger partial charge in [0.25, 0.3) is 0 Å². The number of methoxy groups -OCH3 is 1. The number of nitrogens with zero attached hydrogens (tertiary/aromatic N) is 1. The zero-order chi connectivity index (χ0) is 19.2. The molecule has 0 aromatic heterocycles. The van der Waals surface area contributed by atoms with E-state index in [0.29, 0.717) is 19.4 Å². The van der Waals surface area contributed by atoms with Crippen LogP contribution in [0.15, 0.2) is 0 Å². The first-order valence-corrected chi connectivity index (χ1v) is 10.1. The summed E-state index contributed by atoms with van der Waals surface area (Å²) in [7, 11) is 1.48. The van der Waals surface area contributed by atoms with Gasteiger partial charge < -0.3 is 14.4 Å². The average Bonchev–Trinajstić information content (AvgIpc) is 2.57. The van der Waals surface area contributed by atoms with Crippen molar-refractivity contribution in [3.8, 4) is 0 Å². The molecule has 6 heteroatoms. The quantitative estimate of drug-likeness (QED) is 0.252. The van der Waals surface area contributed by atoms with E-state index < -0.39 is 11.6 Å². The van der Waals surface area contributed by atoms with Gasteiger partial charge in [0.1, 0.15) is 6.73 Å². The van der Waals surface area contributed by atoms with E-state index in [4.69, 9.17) is 9.47 Å². The number of hydrogen-bond donors (Lipinski definition) is 1. The number of thiol groups is 1. The van der Waals surface area contributed by atoms with Crippen LogP contribution in [-0.2, 0) is 14.3 Å². The highest BCUT2D eigenvalue weighted by molar-refractivity contribution is 7.80. The van der Waals surface area contributed by atoms with E-state index >= 15 is 0 Å². The van der Waals surface area contributed by atoms with Crippen molar-refractivity contribution < 1.29 is 18.7 Å². The molecular weight excluding hydrogens is 341 g/mol. The maximum Gasteiger partial charge on any atom is 0.224 e. The predicted octanol–water partition coefficient (Wildman–Crippen LogP) is 4.82. The van der Waals surface area contributed by atoms with E-state index in [2.05, 4.69) is 26.5 Å². The van der Waals surface area contributed by atoms with Crippen LogP contribution in [0, 0.1) is 5.92 Å². The van der Waals surface area contributed by atoms with Gasteiger partial charge in [0.2, 0.25) is 5.91 Å². The number of alkyl halides is 1. The van der Waals surface area contributed by atoms with Crippen molar-refractivity contribution in [2.75, 3.05) is 20.4 Å². The Labute approximate surface area is 159 Å². The Balaban J connectivity index is 5.01. The summed E-state index contributed by atoms with van der Waals surface area (Å²) in [6, 6.07) is -0.133. The van der Waals surface area contributed by atoms with Crippen molar-refractivity contribution in [3.05, 3.63) is 0 Å². The first-order chi connectivity index (χ1) is 11.9. The zero-order valence-electron chi connectivity index (χ0n) is 16.7. The van der Waals surface area contributed by atoms with Gasteiger partial charge >= 0.3 is 0 Å². The Morgan fingerprint density at radius 3 is 2.28 bits per heavy atom. The number of amides is 1. The molecule has 0 saturated carbocycles. The van der Waals surface area contributed by atoms with Crippen LogP contribution in [0.4, 0.5) is 4.39 Å². The Kier molecular flexibility index (Phi) is 14.6. The van der Waals surface area contributed by atoms with Crippen molar-refractivity contribution >= 4 is 18.5 Å². The van der Waals surface area contributed by atoms with Gasteiger partial charge in [-0.05, 0) is 25.2 Å². The summed E-state index contributed by atoms with van der Waals surface area (Å²) < 4.78 is 24.6. The fourth-order valence-corrected chi connectivity index (χ4v) is 3.00. The smallest absolute Gasteiger partial charge is 0.224 e. The molecule has 25 heavy (non-hydrogen) atoms. The molecule has 0 saturated heterocycles. The molecule has 4 nitrogen and oxygen atoms in total. The van der Waals surface area contributed by atoms with Crippen molar-refractivity contribution in [2.45, 2.75) is 90.3 Å². The molecule has 0 rings (SSSR count). The van der Waals surface area contributed by atoms with Crippen molar-refractivity contribution in [3.63, 3.8) is 0 Å². The summed E-state index contributed by atoms with van der Waals surface area (Å²) in [5, 5.41) is 0. The number of unbranched alkanes of at least 4 members (excludes halogenated alkanes) is 3. The molecular formula is C19H38FNO3S. The number of carbonyl (C=O) groups excluding carboxylic acids is 1. The molecule has 0 fully saturated rings. The minimum atomic E-state index is -1.37. The standard InChI is InChI=1S/C19H38FNO3S/c1-6-8-10-12-24-14-21(18(22)11-9-7-2)16(15(3)4)13-17(23-5)19(20)25/h15-17,19,25H,6-14H2,1-5H3. The highest BCUT2D eigenvalue weighted by atomic mass is 32.1. The molecule has 0 aliphatic carbocycles. The van der Waals surface area contributed by atoms with Gasteiger partial charge in [0.15, 0.2) is 5.50 Å². The Hall–Kier alpha value is -0.330. The lowest BCUT2D eigenvalue weighted by molar-refractivity contribution is -0.143. The van der Waals surface area contributed by atoms with Gasteiger partial charge in [-0.1, -0.05) is 47.0 Å². The summed E-state index contributed by atoms with van der Waals surface area (Å²) in [5.74, 6) is 0.245. The third-order valence-electron chi connectivity index (χ3n) is 4.44. The van der Waals surface area contributed by atoms with Crippen LogP contribution in [0.3, 0.4) is 0 Å². The third kappa shape index (κ3) is 10.4. The maximum atomic E-state index is 13.7. The molecule has 3 atom stereocenters. The number of ether oxygens (including phenoxy) is 2. The van der Waals surface area contributed by atoms with Crippen LogP contribution in [0.2, 0.25) is 0 Å². The van der Waals surface area contributed by atoms with E-state index in [-0.39, 0.29) is 24.6 Å². The number of carbonyl (C=O) groups is 1. The second-order valence-electron chi connectivity index (χ2n) is 6.91. The summed E-state index contributed by atoms with van der Waals surface area (Å²) in [6.45, 7) is 9.19. The Morgan fingerprint density at radius 1 is 1.16 bits per heavy atom. The summed E-state index contributed by atoms with van der Waals surface area (Å²) in [4.78, 5) is 14.5. The van der Waals surface area contributed by atoms with Crippen LogP contribution in [0.1, 0.15) is 72.6 Å². The molecule has 0 N–H and O–H groups in total. The second-order valence-corrected chi connectivity index (χ2v) is 7.40. The lowest BCUT2D eigenvalue weighted by Gasteiger charge is -2.36. The highest BCUT2D eigenvalue weighted by Crippen LogP contribution is 2.23. The fraction of sp³-hybridized carbons (Fsp3) is 0.947. The molecule has 0 aromatic rings. The van der Waals surface area contributed by atoms with Gasteiger partial charge in [-0.3, -0.25) is 4.79 Å². The number of rotatable bonds is 15. The second kappa shape index (κ2) is 14.8. The van der Waals surface area contributed by atoms with E-state index in [0.717, 1.165) is 32.1 Å². The van der Waals surface area contributed by atoms with Crippen LogP contribution in [0.5, 0.6) is 0 Å². The molecule has 0 aliphatic rings. The summed E-state index contributed by atoms with van der Waals surface area (Å²) >= 11 is 3.88. The largest absolute Gasteiger partial charge is 0.377 e. The van der Waals surface area contributed by atoms with Crippen LogP contribution < -0.4 is 0 Å². The maximum absolute atomic E-state index is 13.7. The minimum Gasteiger partial charge on any atom is -0.377 e. The molecule has 3 unspecified atom stereocenters. The average molecular weight is 380 g/mol. The first kappa shape index (κ1) is 24.7. The van der Waals surface area contributed by atoms with Crippen LogP contribution in [-0.4, -0.2) is 48.9 Å². The summed E-state index contributed by atoms with van der Waals surface area (Å²) in [5.41, 5.74) is -1.37. The molecule has 0 spiro atoms. The molecule has 0 bridgehead atoms. The highest BCUT2D eigenvalue weighted by Gasteiger charge is 2.31. The number of halogens is 1. The topological polar surface area (TPSA) is 38.8 Å². The van der Waals surface area contributed by atoms with Gasteiger partial charge in [0, 0.05) is 26.2 Å². The molecule has 1 amide bonds. The Bertz CT molecular complexity index is 343. The molecule has 0 heterocycles. The van der Waals surface area contributed by atoms with Gasteiger partial charge in [-0.25, -0.2) is 4.39 Å². The van der Waals surface area contributed by atoms with Crippen LogP contribution >= 0.6 is 12.6 Å². The van der Waals surface area contributed by atoms with E-state index in [1.54, 1.807) is 4.90 Å². The molecule has 0 radical (unpaired) electrons. The Morgan fingerprint density at radius 2 is 1.80 bits per heavy atom. The normalized spacial score (nSPS) is 15.2. The molecule has 0 aromatic carbocycles. The van der Waals surface area contributed by atoms with E-state index in [1.807, 2.05) is 13.8 Å². The van der Waals surface area contributed by atoms with Gasteiger partial charge in [-0.2, -0.15) is 0 Å². The molecule has 0 aliphatic heterocycles. The first-order valence-electron chi connectivity index (χ1n) is 9.61. The zero-order valence-corrected chi connectivity index (χ0v) is 17.6. The van der Waals surface area contributed by atoms with Gasteiger partial charge in [0.05, 0.1) is 6.10 Å². The third-order valence-corrected chi connectivity index (χ3v) is 4.77. The summed E-state index contributed by atoms with van der Waals surface area (Å²) in [6.07, 6.45) is 5.32. The van der Waals surface area contributed by atoms with E-state index in [9.17, 15) is 9.18 Å². The van der Waals surface area contributed by atoms with Crippen molar-refractivity contribution in [1.82, 2.24) is 4.90 Å². The monoisotopic (exact) mass is 379 g/mol. The SMILES string of the molecule is CCCCCOCN(C(=O)CCCC)C(CC(OC)C(F)S)C(C)C. The van der Waals surface area contributed by atoms with Crippen LogP contribution in [0.25, 0.3) is 0 Å². The van der Waals surface area contributed by atoms with E-state index in [1.165, 1.54) is 7.11 Å². The number of hydrogen-bond acceptors (Lipinski definition) is 4. The minimum absolute atomic E-state index is 0.0699. The van der Waals surface area contributed by atoms with Gasteiger partial charge in [-0.15, -0.1) is 12.6 Å². The van der Waals surface area contributed by atoms with Crippen molar-refractivity contribution in [2.24, 2.45) is 5.92 Å². The fourth-order valence-electron chi connectivity index (χ4n) is 2.76.